The first-order valence-electron chi connectivity index (χ1n) is 5.09. The van der Waals surface area contributed by atoms with E-state index < -0.39 is 5.69 Å². The highest BCUT2D eigenvalue weighted by Crippen LogP contribution is 2.61. The van der Waals surface area contributed by atoms with Crippen molar-refractivity contribution in [3.05, 3.63) is 10.6 Å². The van der Waals surface area contributed by atoms with Crippen LogP contribution < -0.4 is 0 Å². The predicted molar refractivity (Wildman–Crippen MR) is 79.0 cm³/mol. The molecule has 0 saturated heterocycles. The topological polar surface area (TPSA) is 18.5 Å². The second kappa shape index (κ2) is 10.2. The van der Waals surface area contributed by atoms with E-state index in [0.717, 1.165) is 12.8 Å². The van der Waals surface area contributed by atoms with E-state index in [9.17, 15) is 0 Å². The highest BCUT2D eigenvalue weighted by atomic mass is 35.5. The van der Waals surface area contributed by atoms with Crippen LogP contribution in [-0.4, -0.2) is 19.0 Å². The summed E-state index contributed by atoms with van der Waals surface area (Å²) in [6.45, 7) is 5.35. The van der Waals surface area contributed by atoms with Crippen LogP contribution in [0.3, 0.4) is 0 Å². The largest absolute Gasteiger partial charge is 0.322 e. The van der Waals surface area contributed by atoms with Gasteiger partial charge in [0.2, 0.25) is 5.69 Å². The van der Waals surface area contributed by atoms with Crippen molar-refractivity contribution in [2.24, 2.45) is 0 Å². The average Bonchev–Trinajstić information content (AvgIpc) is 2.23. The van der Waals surface area contributed by atoms with Crippen LogP contribution in [-0.2, 0) is 20.9 Å². The van der Waals surface area contributed by atoms with Gasteiger partial charge in [-0.2, -0.15) is 0 Å². The van der Waals surface area contributed by atoms with Gasteiger partial charge >= 0.3 is 0 Å². The molecular weight excluding hydrogens is 306 g/mol. The van der Waals surface area contributed by atoms with Crippen LogP contribution in [0.15, 0.2) is 10.6 Å². The highest BCUT2D eigenvalue weighted by molar-refractivity contribution is 8.67. The summed E-state index contributed by atoms with van der Waals surface area (Å²) < 4.78 is 11.5. The highest BCUT2D eigenvalue weighted by Gasteiger charge is 2.18. The third-order valence-electron chi connectivity index (χ3n) is 1.38. The molecule has 0 aromatic heterocycles. The SMILES string of the molecule is CCCOP(=S)(OCCC)SCC=C(Cl)Cl. The van der Waals surface area contributed by atoms with Crippen LogP contribution in [0.5, 0.6) is 0 Å². The van der Waals surface area contributed by atoms with Gasteiger partial charge in [0.15, 0.2) is 0 Å². The number of rotatable bonds is 9. The fourth-order valence-corrected chi connectivity index (χ4v) is 5.17. The normalized spacial score (nSPS) is 11.5. The maximum atomic E-state index is 5.61. The van der Waals surface area contributed by atoms with Crippen molar-refractivity contribution in [2.45, 2.75) is 26.7 Å². The van der Waals surface area contributed by atoms with Crippen molar-refractivity contribution in [1.82, 2.24) is 0 Å². The lowest BCUT2D eigenvalue weighted by molar-refractivity contribution is 0.260. The van der Waals surface area contributed by atoms with Gasteiger partial charge in [-0.3, -0.25) is 0 Å². The third kappa shape index (κ3) is 9.29. The molecule has 0 aromatic rings. The van der Waals surface area contributed by atoms with Gasteiger partial charge in [-0.15, -0.1) is 0 Å². The summed E-state index contributed by atoms with van der Waals surface area (Å²) in [6, 6.07) is 0. The quantitative estimate of drug-likeness (QED) is 0.548. The Hall–Kier alpha value is 1.24. The summed E-state index contributed by atoms with van der Waals surface area (Å²) in [5.41, 5.74) is -2.22. The molecule has 0 aliphatic carbocycles. The molecule has 0 bridgehead atoms. The fraction of sp³-hybridized carbons (Fsp3) is 0.778. The molecule has 0 spiro atoms. The van der Waals surface area contributed by atoms with Gasteiger partial charge in [0.05, 0.1) is 13.2 Å². The lowest BCUT2D eigenvalue weighted by atomic mass is 10.5. The molecule has 0 radical (unpaired) electrons. The van der Waals surface area contributed by atoms with E-state index >= 15 is 0 Å². The number of hydrogen-bond acceptors (Lipinski definition) is 4. The summed E-state index contributed by atoms with van der Waals surface area (Å²) in [4.78, 5) is 0. The molecule has 0 aliphatic heterocycles. The van der Waals surface area contributed by atoms with Crippen LogP contribution in [0.25, 0.3) is 0 Å². The molecule has 2 nitrogen and oxygen atoms in total. The van der Waals surface area contributed by atoms with E-state index in [1.165, 1.54) is 11.4 Å². The summed E-state index contributed by atoms with van der Waals surface area (Å²) in [7, 11) is 0. The Kier molecular flexibility index (Phi) is 11.0. The molecule has 16 heavy (non-hydrogen) atoms. The van der Waals surface area contributed by atoms with Crippen molar-refractivity contribution in [3.8, 4) is 0 Å². The third-order valence-corrected chi connectivity index (χ3v) is 6.93. The Bertz CT molecular complexity index is 246. The molecule has 0 heterocycles. The van der Waals surface area contributed by atoms with Crippen LogP contribution in [0.2, 0.25) is 0 Å². The molecule has 0 unspecified atom stereocenters. The standard InChI is InChI=1S/C9H17Cl2O2PS2/c1-3-6-12-14(15,13-7-4-2)16-8-5-9(10)11/h5H,3-4,6-8H2,1-2H3. The second-order valence-electron chi connectivity index (χ2n) is 2.90. The molecule has 0 saturated carbocycles. The first-order valence-corrected chi connectivity index (χ1v) is 10.1. The molecule has 0 aliphatic rings. The van der Waals surface area contributed by atoms with Gasteiger partial charge < -0.3 is 9.05 Å². The van der Waals surface area contributed by atoms with E-state index in [4.69, 9.17) is 44.1 Å². The number of hydrogen-bond donors (Lipinski definition) is 0. The summed E-state index contributed by atoms with van der Waals surface area (Å²) in [5, 5.41) is 0. The summed E-state index contributed by atoms with van der Waals surface area (Å²) in [5.74, 6) is 0.618. The van der Waals surface area contributed by atoms with Crippen LogP contribution in [0, 0.1) is 0 Å². The van der Waals surface area contributed by atoms with Crippen molar-refractivity contribution in [2.75, 3.05) is 19.0 Å². The minimum atomic E-state index is -2.22. The monoisotopic (exact) mass is 322 g/mol. The van der Waals surface area contributed by atoms with E-state index in [-0.39, 0.29) is 4.49 Å². The molecule has 7 heteroatoms. The zero-order valence-electron chi connectivity index (χ0n) is 9.45. The van der Waals surface area contributed by atoms with Crippen molar-refractivity contribution < 1.29 is 9.05 Å². The average molecular weight is 323 g/mol. The maximum absolute atomic E-state index is 5.61. The van der Waals surface area contributed by atoms with Gasteiger partial charge in [0.1, 0.15) is 4.49 Å². The van der Waals surface area contributed by atoms with E-state index in [1.807, 2.05) is 13.8 Å². The van der Waals surface area contributed by atoms with Crippen LogP contribution in [0.4, 0.5) is 0 Å². The molecule has 0 fully saturated rings. The smallest absolute Gasteiger partial charge is 0.247 e. The molecule has 0 atom stereocenters. The minimum absolute atomic E-state index is 0.250. The van der Waals surface area contributed by atoms with Crippen molar-refractivity contribution >= 4 is 52.1 Å². The Morgan fingerprint density at radius 1 is 1.25 bits per heavy atom. The molecule has 0 N–H and O–H groups in total. The van der Waals surface area contributed by atoms with Gasteiger partial charge in [0.25, 0.3) is 0 Å². The summed E-state index contributed by atoms with van der Waals surface area (Å²) >= 11 is 17.9. The van der Waals surface area contributed by atoms with Gasteiger partial charge in [0, 0.05) is 5.75 Å². The van der Waals surface area contributed by atoms with Crippen LogP contribution >= 0.6 is 40.3 Å². The summed E-state index contributed by atoms with van der Waals surface area (Å²) in [6.07, 6.45) is 3.56. The van der Waals surface area contributed by atoms with E-state index in [1.54, 1.807) is 6.08 Å². The Labute approximate surface area is 117 Å². The van der Waals surface area contributed by atoms with E-state index in [0.29, 0.717) is 19.0 Å². The van der Waals surface area contributed by atoms with Gasteiger partial charge in [-0.1, -0.05) is 48.4 Å². The predicted octanol–water partition coefficient (Wildman–Crippen LogP) is 5.12. The van der Waals surface area contributed by atoms with Gasteiger partial charge in [-0.05, 0) is 30.7 Å². The zero-order chi connectivity index (χ0) is 12.4. The first-order chi connectivity index (χ1) is 7.54. The lowest BCUT2D eigenvalue weighted by Gasteiger charge is -2.20. The first kappa shape index (κ1) is 17.2. The maximum Gasteiger partial charge on any atom is 0.247 e. The van der Waals surface area contributed by atoms with Gasteiger partial charge in [-0.25, -0.2) is 0 Å². The Morgan fingerprint density at radius 2 is 1.75 bits per heavy atom. The molecule has 0 amide bonds. The van der Waals surface area contributed by atoms with Crippen molar-refractivity contribution in [3.63, 3.8) is 0 Å². The minimum Gasteiger partial charge on any atom is -0.322 e. The molecule has 0 rings (SSSR count). The lowest BCUT2D eigenvalue weighted by Crippen LogP contribution is -1.95. The Balaban J connectivity index is 4.18. The fourth-order valence-electron chi connectivity index (χ4n) is 0.710. The van der Waals surface area contributed by atoms with E-state index in [2.05, 4.69) is 0 Å². The molecule has 0 aromatic carbocycles. The van der Waals surface area contributed by atoms with Crippen LogP contribution in [0.1, 0.15) is 26.7 Å². The Morgan fingerprint density at radius 3 is 2.12 bits per heavy atom. The molecule has 96 valence electrons. The molecular formula is C9H17Cl2O2PS2. The number of halogens is 2. The zero-order valence-corrected chi connectivity index (χ0v) is 13.5. The van der Waals surface area contributed by atoms with Crippen molar-refractivity contribution in [1.29, 1.82) is 0 Å². The second-order valence-corrected chi connectivity index (χ2v) is 10.3.